The number of furan rings is 1. The van der Waals surface area contributed by atoms with Crippen molar-refractivity contribution in [1.29, 1.82) is 0 Å². The van der Waals surface area contributed by atoms with Crippen molar-refractivity contribution in [3.8, 4) is 11.5 Å². The Morgan fingerprint density at radius 1 is 0.714 bits per heavy atom. The van der Waals surface area contributed by atoms with E-state index in [9.17, 15) is 0 Å². The van der Waals surface area contributed by atoms with Crippen molar-refractivity contribution >= 4 is 27.6 Å². The molecular formula is C53H47NO2. The Hall–Kier alpha value is -5.80. The highest BCUT2D eigenvalue weighted by atomic mass is 16.5. The van der Waals surface area contributed by atoms with Crippen LogP contribution in [-0.2, 0) is 5.41 Å². The van der Waals surface area contributed by atoms with Crippen LogP contribution >= 0.6 is 0 Å². The van der Waals surface area contributed by atoms with Gasteiger partial charge in [0.2, 0.25) is 0 Å². The largest absolute Gasteiger partial charge is 0.457 e. The molecule has 3 nitrogen and oxygen atoms in total. The Morgan fingerprint density at radius 2 is 1.46 bits per heavy atom. The summed E-state index contributed by atoms with van der Waals surface area (Å²) in [5.41, 5.74) is 16.6. The number of anilines is 1. The summed E-state index contributed by atoms with van der Waals surface area (Å²) in [6.07, 6.45) is 26.4. The molecular weight excluding hydrogens is 683 g/mol. The molecule has 4 aromatic carbocycles. The molecule has 0 N–H and O–H groups in total. The zero-order valence-electron chi connectivity index (χ0n) is 32.6. The molecule has 2 heterocycles. The SMILES string of the molecule is CC(C)(C)C1C=CC(N(C2=CC3=C(CC2)C2=C(CCC=C2)C32c3ccccc3Oc3ccccc32)c2ccc3c(c2)oc2ccccc23)=C(C2=CC=CCC2)C1. The molecule has 0 amide bonds. The van der Waals surface area contributed by atoms with Crippen molar-refractivity contribution in [2.75, 3.05) is 4.90 Å². The summed E-state index contributed by atoms with van der Waals surface area (Å²) in [7, 11) is 0. The van der Waals surface area contributed by atoms with Crippen LogP contribution in [0.4, 0.5) is 5.69 Å². The number of ether oxygens (including phenoxy) is 1. The summed E-state index contributed by atoms with van der Waals surface area (Å²) < 4.78 is 13.3. The number of hydrogen-bond donors (Lipinski definition) is 0. The summed E-state index contributed by atoms with van der Waals surface area (Å²) in [6.45, 7) is 7.16. The molecule has 0 fully saturated rings. The number of para-hydroxylation sites is 3. The van der Waals surface area contributed by atoms with E-state index in [1.165, 1.54) is 56.0 Å². The normalized spacial score (nSPS) is 20.9. The van der Waals surface area contributed by atoms with Gasteiger partial charge < -0.3 is 14.1 Å². The standard InChI is InChI=1S/C53H47NO2/c1-52(2,3)35-25-30-47(42(31-35)34-15-5-4-6-16-34)54(37-27-29-41-40-18-8-12-22-48(40)55-51(41)33-37)36-26-28-39-38-17-7-9-19-43(38)53(46(39)32-36)44-20-10-13-23-49(44)56-50-24-14-11-21-45(50)53/h4-5,7-8,10-15,17-18,20-25,27,29-30,32-33,35H,6,9,16,19,26,28,31H2,1-3H3. The predicted octanol–water partition coefficient (Wildman–Crippen LogP) is 14.3. The first kappa shape index (κ1) is 33.5. The first-order chi connectivity index (χ1) is 27.4. The minimum Gasteiger partial charge on any atom is -0.457 e. The summed E-state index contributed by atoms with van der Waals surface area (Å²) in [6, 6.07) is 32.9. The lowest BCUT2D eigenvalue weighted by molar-refractivity contribution is 0.289. The van der Waals surface area contributed by atoms with Gasteiger partial charge in [0.15, 0.2) is 0 Å². The first-order valence-electron chi connectivity index (χ1n) is 20.6. The molecule has 56 heavy (non-hydrogen) atoms. The fourth-order valence-corrected chi connectivity index (χ4v) is 10.6. The average Bonchev–Trinajstić information content (AvgIpc) is 3.74. The maximum absolute atomic E-state index is 6.71. The summed E-state index contributed by atoms with van der Waals surface area (Å²) in [5, 5.41) is 2.31. The Labute approximate surface area is 330 Å². The quantitative estimate of drug-likeness (QED) is 0.184. The van der Waals surface area contributed by atoms with E-state index < -0.39 is 5.41 Å². The average molecular weight is 730 g/mol. The maximum atomic E-state index is 6.71. The lowest BCUT2D eigenvalue weighted by Gasteiger charge is -2.43. The number of fused-ring (bicyclic) bond motifs is 10. The molecule has 5 aromatic rings. The van der Waals surface area contributed by atoms with Crippen LogP contribution in [0.25, 0.3) is 21.9 Å². The molecule has 6 aliphatic rings. The smallest absolute Gasteiger partial charge is 0.137 e. The van der Waals surface area contributed by atoms with Crippen LogP contribution in [-0.4, -0.2) is 0 Å². The highest BCUT2D eigenvalue weighted by molar-refractivity contribution is 6.05. The summed E-state index contributed by atoms with van der Waals surface area (Å²) in [5.74, 6) is 2.36. The topological polar surface area (TPSA) is 25.6 Å². The molecule has 0 bridgehead atoms. The first-order valence-corrected chi connectivity index (χ1v) is 20.6. The van der Waals surface area contributed by atoms with Crippen LogP contribution in [0.15, 0.2) is 189 Å². The second-order valence-electron chi connectivity index (χ2n) is 17.4. The lowest BCUT2D eigenvalue weighted by atomic mass is 9.62. The third-order valence-electron chi connectivity index (χ3n) is 13.3. The van der Waals surface area contributed by atoms with Gasteiger partial charge in [0, 0.05) is 45.0 Å². The Morgan fingerprint density at radius 3 is 2.25 bits per heavy atom. The molecule has 11 rings (SSSR count). The maximum Gasteiger partial charge on any atom is 0.137 e. The molecule has 1 aromatic heterocycles. The van der Waals surface area contributed by atoms with E-state index in [4.69, 9.17) is 9.15 Å². The van der Waals surface area contributed by atoms with Gasteiger partial charge in [-0.25, -0.2) is 0 Å². The van der Waals surface area contributed by atoms with Crippen LogP contribution in [0.2, 0.25) is 0 Å². The Kier molecular flexibility index (Phi) is 7.55. The van der Waals surface area contributed by atoms with Crippen LogP contribution in [0, 0.1) is 11.3 Å². The van der Waals surface area contributed by atoms with Crippen molar-refractivity contribution in [1.82, 2.24) is 0 Å². The third kappa shape index (κ3) is 4.96. The van der Waals surface area contributed by atoms with Gasteiger partial charge in [-0.05, 0) is 132 Å². The summed E-state index contributed by atoms with van der Waals surface area (Å²) >= 11 is 0. The van der Waals surface area contributed by atoms with Crippen molar-refractivity contribution in [2.45, 2.75) is 71.1 Å². The number of hydrogen-bond acceptors (Lipinski definition) is 3. The van der Waals surface area contributed by atoms with Gasteiger partial charge in [-0.1, -0.05) is 112 Å². The number of nitrogens with zero attached hydrogens (tertiary/aromatic N) is 1. The minimum atomic E-state index is -0.422. The predicted molar refractivity (Wildman–Crippen MR) is 230 cm³/mol. The lowest BCUT2D eigenvalue weighted by Crippen LogP contribution is -2.35. The molecule has 5 aliphatic carbocycles. The molecule has 1 spiro atoms. The number of benzene rings is 4. The molecule has 3 heteroatoms. The highest BCUT2D eigenvalue weighted by Gasteiger charge is 2.53. The van der Waals surface area contributed by atoms with Crippen molar-refractivity contribution in [3.05, 3.63) is 196 Å². The van der Waals surface area contributed by atoms with E-state index in [2.05, 4.69) is 165 Å². The van der Waals surface area contributed by atoms with Gasteiger partial charge in [0.05, 0.1) is 5.41 Å². The molecule has 1 unspecified atom stereocenters. The van der Waals surface area contributed by atoms with Crippen LogP contribution in [0.3, 0.4) is 0 Å². The van der Waals surface area contributed by atoms with Gasteiger partial charge in [-0.15, -0.1) is 0 Å². The number of rotatable bonds is 4. The molecule has 0 saturated carbocycles. The van der Waals surface area contributed by atoms with Crippen molar-refractivity contribution in [2.24, 2.45) is 11.3 Å². The molecule has 1 atom stereocenters. The van der Waals surface area contributed by atoms with Gasteiger partial charge in [-0.2, -0.15) is 0 Å². The molecule has 276 valence electrons. The third-order valence-corrected chi connectivity index (χ3v) is 13.3. The van der Waals surface area contributed by atoms with Crippen LogP contribution in [0.1, 0.15) is 76.8 Å². The molecule has 0 radical (unpaired) electrons. The molecule has 1 aliphatic heterocycles. The van der Waals surface area contributed by atoms with Gasteiger partial charge >= 0.3 is 0 Å². The fourth-order valence-electron chi connectivity index (χ4n) is 10.6. The van der Waals surface area contributed by atoms with E-state index in [0.29, 0.717) is 5.92 Å². The van der Waals surface area contributed by atoms with Gasteiger partial charge in [0.1, 0.15) is 22.7 Å². The van der Waals surface area contributed by atoms with E-state index >= 15 is 0 Å². The van der Waals surface area contributed by atoms with E-state index in [1.807, 2.05) is 0 Å². The van der Waals surface area contributed by atoms with Crippen LogP contribution in [0.5, 0.6) is 11.5 Å². The van der Waals surface area contributed by atoms with Gasteiger partial charge in [-0.3, -0.25) is 0 Å². The monoisotopic (exact) mass is 729 g/mol. The van der Waals surface area contributed by atoms with E-state index in [1.54, 1.807) is 0 Å². The van der Waals surface area contributed by atoms with Crippen LogP contribution < -0.4 is 9.64 Å². The van der Waals surface area contributed by atoms with Crippen molar-refractivity contribution in [3.63, 3.8) is 0 Å². The Bertz CT molecular complexity index is 2700. The van der Waals surface area contributed by atoms with E-state index in [-0.39, 0.29) is 5.41 Å². The number of allylic oxidation sites excluding steroid dienone is 15. The minimum absolute atomic E-state index is 0.151. The zero-order chi connectivity index (χ0) is 37.6. The zero-order valence-corrected chi connectivity index (χ0v) is 32.6. The van der Waals surface area contributed by atoms with Gasteiger partial charge in [0.25, 0.3) is 0 Å². The summed E-state index contributed by atoms with van der Waals surface area (Å²) in [4.78, 5) is 2.61. The highest BCUT2D eigenvalue weighted by Crippen LogP contribution is 2.64. The fraction of sp³-hybridized carbons (Fsp3) is 0.245. The van der Waals surface area contributed by atoms with Crippen molar-refractivity contribution < 1.29 is 9.15 Å². The molecule has 0 saturated heterocycles. The second kappa shape index (κ2) is 12.6. The second-order valence-corrected chi connectivity index (χ2v) is 17.4. The van der Waals surface area contributed by atoms with E-state index in [0.717, 1.165) is 84.1 Å². The Balaban J connectivity index is 1.17.